The lowest BCUT2D eigenvalue weighted by atomic mass is 10.2. The maximum atomic E-state index is 12.4. The molecular formula is C7H3ClFO. The molecule has 1 rings (SSSR count). The first kappa shape index (κ1) is 7.22. The zero-order chi connectivity index (χ0) is 7.56. The summed E-state index contributed by atoms with van der Waals surface area (Å²) in [5, 5.41) is 0.207. The van der Waals surface area contributed by atoms with Crippen molar-refractivity contribution in [3.63, 3.8) is 0 Å². The van der Waals surface area contributed by atoms with Crippen LogP contribution in [0.5, 0.6) is 0 Å². The molecule has 1 radical (unpaired) electrons. The van der Waals surface area contributed by atoms with Crippen molar-refractivity contribution in [1.82, 2.24) is 0 Å². The van der Waals surface area contributed by atoms with Gasteiger partial charge in [0, 0.05) is 10.6 Å². The zero-order valence-corrected chi connectivity index (χ0v) is 5.65. The van der Waals surface area contributed by atoms with Gasteiger partial charge in [0.15, 0.2) is 0 Å². The molecule has 51 valence electrons. The van der Waals surface area contributed by atoms with Crippen LogP contribution in [0, 0.1) is 5.82 Å². The smallest absolute Gasteiger partial charge is 0.233 e. The molecule has 0 unspecified atom stereocenters. The minimum atomic E-state index is -0.522. The molecule has 0 saturated heterocycles. The van der Waals surface area contributed by atoms with Crippen molar-refractivity contribution in [2.24, 2.45) is 0 Å². The van der Waals surface area contributed by atoms with Gasteiger partial charge in [-0.25, -0.2) is 4.39 Å². The molecule has 0 saturated carbocycles. The van der Waals surface area contributed by atoms with Gasteiger partial charge in [0.2, 0.25) is 6.29 Å². The normalized spacial score (nSPS) is 9.40. The zero-order valence-electron chi connectivity index (χ0n) is 4.90. The molecular weight excluding hydrogens is 155 g/mol. The number of rotatable bonds is 1. The molecule has 0 aliphatic carbocycles. The molecule has 3 heteroatoms. The summed E-state index contributed by atoms with van der Waals surface area (Å²) in [6.45, 7) is 0. The predicted octanol–water partition coefficient (Wildman–Crippen LogP) is 1.94. The third kappa shape index (κ3) is 1.54. The Morgan fingerprint density at radius 2 is 2.10 bits per heavy atom. The second-order valence-corrected chi connectivity index (χ2v) is 2.20. The largest absolute Gasteiger partial charge is 0.285 e. The van der Waals surface area contributed by atoms with E-state index in [0.717, 1.165) is 12.1 Å². The highest BCUT2D eigenvalue weighted by atomic mass is 35.5. The van der Waals surface area contributed by atoms with Crippen molar-refractivity contribution in [2.45, 2.75) is 0 Å². The summed E-state index contributed by atoms with van der Waals surface area (Å²) in [6.07, 6.45) is 1.53. The summed E-state index contributed by atoms with van der Waals surface area (Å²) in [5.74, 6) is -0.522. The Hall–Kier alpha value is -0.890. The van der Waals surface area contributed by atoms with Crippen molar-refractivity contribution in [3.05, 3.63) is 34.6 Å². The molecule has 0 aromatic heterocycles. The Kier molecular flexibility index (Phi) is 2.02. The summed E-state index contributed by atoms with van der Waals surface area (Å²) < 4.78 is 12.4. The van der Waals surface area contributed by atoms with Crippen LogP contribution in [0.25, 0.3) is 0 Å². The lowest BCUT2D eigenvalue weighted by molar-refractivity contribution is 0.562. The van der Waals surface area contributed by atoms with E-state index in [-0.39, 0.29) is 10.6 Å². The van der Waals surface area contributed by atoms with Gasteiger partial charge in [-0.15, -0.1) is 0 Å². The summed E-state index contributed by atoms with van der Waals surface area (Å²) in [7, 11) is 0. The molecule has 0 aliphatic heterocycles. The average Bonchev–Trinajstić information content (AvgIpc) is 1.85. The lowest BCUT2D eigenvalue weighted by Crippen LogP contribution is -1.81. The highest BCUT2D eigenvalue weighted by molar-refractivity contribution is 6.30. The maximum absolute atomic E-state index is 12.4. The first-order valence-electron chi connectivity index (χ1n) is 2.56. The molecule has 0 N–H and O–H groups in total. The Labute approximate surface area is 62.4 Å². The van der Waals surface area contributed by atoms with Crippen molar-refractivity contribution < 1.29 is 9.18 Å². The monoisotopic (exact) mass is 157 g/mol. The van der Waals surface area contributed by atoms with Crippen molar-refractivity contribution in [3.8, 4) is 0 Å². The number of carbonyl (C=O) groups excluding carboxylic acids is 1. The maximum Gasteiger partial charge on any atom is 0.233 e. The van der Waals surface area contributed by atoms with E-state index >= 15 is 0 Å². The van der Waals surface area contributed by atoms with Crippen LogP contribution < -0.4 is 0 Å². The number of halogens is 2. The molecule has 0 fully saturated rings. The second-order valence-electron chi connectivity index (χ2n) is 1.76. The minimum Gasteiger partial charge on any atom is -0.285 e. The van der Waals surface area contributed by atoms with Crippen LogP contribution in [0.4, 0.5) is 4.39 Å². The number of hydrogen-bond acceptors (Lipinski definition) is 1. The van der Waals surface area contributed by atoms with Crippen LogP contribution in [0.15, 0.2) is 18.2 Å². The topological polar surface area (TPSA) is 17.1 Å². The Bertz CT molecular complexity index is 240. The second kappa shape index (κ2) is 2.80. The number of benzene rings is 1. The quantitative estimate of drug-likeness (QED) is 0.609. The number of hydrogen-bond donors (Lipinski definition) is 0. The molecule has 0 heterocycles. The van der Waals surface area contributed by atoms with Crippen molar-refractivity contribution >= 4 is 17.9 Å². The van der Waals surface area contributed by atoms with Crippen LogP contribution in [-0.4, -0.2) is 6.29 Å². The van der Waals surface area contributed by atoms with Gasteiger partial charge in [0.05, 0.1) is 0 Å². The molecule has 0 spiro atoms. The Morgan fingerprint density at radius 3 is 2.60 bits per heavy atom. The van der Waals surface area contributed by atoms with Gasteiger partial charge in [-0.05, 0) is 18.2 Å². The minimum absolute atomic E-state index is 0.130. The van der Waals surface area contributed by atoms with E-state index in [1.807, 2.05) is 0 Å². The van der Waals surface area contributed by atoms with E-state index in [2.05, 4.69) is 0 Å². The highest BCUT2D eigenvalue weighted by Gasteiger charge is 1.96. The molecule has 0 amide bonds. The molecule has 1 nitrogen and oxygen atoms in total. The van der Waals surface area contributed by atoms with Crippen molar-refractivity contribution in [2.75, 3.05) is 0 Å². The molecule has 0 aliphatic rings. The van der Waals surface area contributed by atoms with Crippen LogP contribution in [0.3, 0.4) is 0 Å². The van der Waals surface area contributed by atoms with Gasteiger partial charge in [0.25, 0.3) is 0 Å². The van der Waals surface area contributed by atoms with E-state index in [0.29, 0.717) is 0 Å². The van der Waals surface area contributed by atoms with E-state index in [1.54, 1.807) is 0 Å². The van der Waals surface area contributed by atoms with Gasteiger partial charge in [-0.1, -0.05) is 11.6 Å². The van der Waals surface area contributed by atoms with Gasteiger partial charge in [-0.3, -0.25) is 4.79 Å². The van der Waals surface area contributed by atoms with E-state index in [1.165, 1.54) is 12.4 Å². The Morgan fingerprint density at radius 1 is 1.40 bits per heavy atom. The van der Waals surface area contributed by atoms with Crippen LogP contribution in [0.2, 0.25) is 5.02 Å². The molecule has 1 aromatic rings. The summed E-state index contributed by atoms with van der Waals surface area (Å²) in [6, 6.07) is 3.54. The predicted molar refractivity (Wildman–Crippen MR) is 36.2 cm³/mol. The fourth-order valence-electron chi connectivity index (χ4n) is 0.613. The van der Waals surface area contributed by atoms with E-state index < -0.39 is 5.82 Å². The Balaban J connectivity index is 3.18. The SMILES string of the molecule is O=[C]c1cc(F)cc(Cl)c1. The third-order valence-corrected chi connectivity index (χ3v) is 1.20. The molecule has 1 aromatic carbocycles. The first-order valence-corrected chi connectivity index (χ1v) is 2.94. The lowest BCUT2D eigenvalue weighted by Gasteiger charge is -1.91. The molecule has 0 bridgehead atoms. The average molecular weight is 158 g/mol. The van der Waals surface area contributed by atoms with Crippen molar-refractivity contribution in [1.29, 1.82) is 0 Å². The standard InChI is InChI=1S/C7H3ClFO/c8-6-1-5(4-10)2-7(9)3-6/h1-3H. The van der Waals surface area contributed by atoms with E-state index in [9.17, 15) is 9.18 Å². The van der Waals surface area contributed by atoms with Crippen LogP contribution in [0.1, 0.15) is 5.56 Å². The van der Waals surface area contributed by atoms with Gasteiger partial charge in [0.1, 0.15) is 5.82 Å². The highest BCUT2D eigenvalue weighted by Crippen LogP contribution is 2.11. The fraction of sp³-hybridized carbons (Fsp3) is 0. The van der Waals surface area contributed by atoms with Gasteiger partial charge >= 0.3 is 0 Å². The summed E-state index contributed by atoms with van der Waals surface area (Å²) >= 11 is 5.41. The summed E-state index contributed by atoms with van der Waals surface area (Å²) in [4.78, 5) is 9.96. The van der Waals surface area contributed by atoms with Crippen LogP contribution >= 0.6 is 11.6 Å². The molecule has 0 atom stereocenters. The fourth-order valence-corrected chi connectivity index (χ4v) is 0.835. The van der Waals surface area contributed by atoms with Gasteiger partial charge < -0.3 is 0 Å². The third-order valence-electron chi connectivity index (χ3n) is 0.980. The van der Waals surface area contributed by atoms with E-state index in [4.69, 9.17) is 11.6 Å². The first-order chi connectivity index (χ1) is 4.72. The van der Waals surface area contributed by atoms with Gasteiger partial charge in [-0.2, -0.15) is 0 Å². The van der Waals surface area contributed by atoms with Crippen LogP contribution in [-0.2, 0) is 4.79 Å². The summed E-state index contributed by atoms with van der Waals surface area (Å²) in [5.41, 5.74) is 0.130. The molecule has 10 heavy (non-hydrogen) atoms.